The molecule has 0 atom stereocenters. The van der Waals surface area contributed by atoms with Crippen molar-refractivity contribution in [1.29, 1.82) is 0 Å². The molecule has 4 nitrogen and oxygen atoms in total. The van der Waals surface area contributed by atoms with E-state index in [2.05, 4.69) is 9.71 Å². The van der Waals surface area contributed by atoms with Crippen molar-refractivity contribution < 1.29 is 8.42 Å². The van der Waals surface area contributed by atoms with Crippen LogP contribution in [0.25, 0.3) is 10.9 Å². The highest BCUT2D eigenvalue weighted by molar-refractivity contribution is 7.89. The first-order valence-corrected chi connectivity index (χ1v) is 8.50. The standard InChI is InChI=1S/C16H13ClN2O2S/c17-14-6-2-4-8-16(14)22(20,21)19-11-12-9-13-5-1-3-7-15(13)18-10-12/h1-10,19H,11H2. The predicted octanol–water partition coefficient (Wildman–Crippen LogP) is 3.37. The van der Waals surface area contributed by atoms with E-state index in [9.17, 15) is 8.42 Å². The molecule has 1 aromatic heterocycles. The fourth-order valence-electron chi connectivity index (χ4n) is 2.13. The van der Waals surface area contributed by atoms with Crippen molar-refractivity contribution in [2.45, 2.75) is 11.4 Å². The van der Waals surface area contributed by atoms with Gasteiger partial charge in [0.05, 0.1) is 10.5 Å². The maximum atomic E-state index is 12.3. The summed E-state index contributed by atoms with van der Waals surface area (Å²) in [4.78, 5) is 4.39. The summed E-state index contributed by atoms with van der Waals surface area (Å²) < 4.78 is 27.1. The number of pyridine rings is 1. The molecule has 1 N–H and O–H groups in total. The van der Waals surface area contributed by atoms with E-state index in [-0.39, 0.29) is 16.5 Å². The molecule has 0 fully saturated rings. The van der Waals surface area contributed by atoms with Crippen LogP contribution in [-0.4, -0.2) is 13.4 Å². The topological polar surface area (TPSA) is 59.1 Å². The summed E-state index contributed by atoms with van der Waals surface area (Å²) in [7, 11) is -3.65. The lowest BCUT2D eigenvalue weighted by atomic mass is 10.2. The predicted molar refractivity (Wildman–Crippen MR) is 87.2 cm³/mol. The number of hydrogen-bond donors (Lipinski definition) is 1. The Morgan fingerprint density at radius 1 is 1.05 bits per heavy atom. The molecule has 0 radical (unpaired) electrons. The summed E-state index contributed by atoms with van der Waals surface area (Å²) >= 11 is 5.94. The van der Waals surface area contributed by atoms with Gasteiger partial charge in [-0.15, -0.1) is 0 Å². The van der Waals surface area contributed by atoms with E-state index in [4.69, 9.17) is 11.6 Å². The Morgan fingerprint density at radius 3 is 2.59 bits per heavy atom. The van der Waals surface area contributed by atoms with Gasteiger partial charge in [0.25, 0.3) is 0 Å². The second kappa shape index (κ2) is 6.04. The molecular weight excluding hydrogens is 320 g/mol. The smallest absolute Gasteiger partial charge is 0.242 e. The number of halogens is 1. The molecule has 3 aromatic rings. The number of para-hydroxylation sites is 1. The summed E-state index contributed by atoms with van der Waals surface area (Å²) in [6.45, 7) is 0.158. The summed E-state index contributed by atoms with van der Waals surface area (Å²) in [5.41, 5.74) is 1.66. The molecule has 0 unspecified atom stereocenters. The van der Waals surface area contributed by atoms with Gasteiger partial charge >= 0.3 is 0 Å². The van der Waals surface area contributed by atoms with Gasteiger partial charge in [-0.1, -0.05) is 41.9 Å². The summed E-state index contributed by atoms with van der Waals surface area (Å²) in [6, 6.07) is 15.9. The van der Waals surface area contributed by atoms with Crippen molar-refractivity contribution in [3.63, 3.8) is 0 Å². The molecule has 6 heteroatoms. The van der Waals surface area contributed by atoms with Crippen LogP contribution in [0.5, 0.6) is 0 Å². The van der Waals surface area contributed by atoms with Gasteiger partial charge < -0.3 is 0 Å². The largest absolute Gasteiger partial charge is 0.256 e. The normalized spacial score (nSPS) is 11.7. The minimum absolute atomic E-state index is 0.0745. The van der Waals surface area contributed by atoms with Crippen LogP contribution in [0.4, 0.5) is 0 Å². The Balaban J connectivity index is 1.83. The second-order valence-electron chi connectivity index (χ2n) is 4.79. The number of nitrogens with zero attached hydrogens (tertiary/aromatic N) is 1. The molecule has 0 bridgehead atoms. The van der Waals surface area contributed by atoms with Gasteiger partial charge in [0.1, 0.15) is 4.90 Å². The van der Waals surface area contributed by atoms with Gasteiger partial charge in [-0.2, -0.15) is 0 Å². The van der Waals surface area contributed by atoms with Gasteiger partial charge in [0.15, 0.2) is 0 Å². The number of nitrogens with one attached hydrogen (secondary N) is 1. The van der Waals surface area contributed by atoms with Crippen LogP contribution in [0.15, 0.2) is 65.7 Å². The zero-order chi connectivity index (χ0) is 15.6. The molecule has 0 aliphatic heterocycles. The van der Waals surface area contributed by atoms with E-state index < -0.39 is 10.0 Å². The third kappa shape index (κ3) is 3.11. The minimum atomic E-state index is -3.65. The third-order valence-corrected chi connectivity index (χ3v) is 5.14. The average molecular weight is 333 g/mol. The van der Waals surface area contributed by atoms with Crippen molar-refractivity contribution in [2.75, 3.05) is 0 Å². The SMILES string of the molecule is O=S(=O)(NCc1cnc2ccccc2c1)c1ccccc1Cl. The Labute approximate surface area is 133 Å². The van der Waals surface area contributed by atoms with Crippen molar-refractivity contribution in [3.8, 4) is 0 Å². The van der Waals surface area contributed by atoms with Crippen LogP contribution in [0, 0.1) is 0 Å². The van der Waals surface area contributed by atoms with Crippen molar-refractivity contribution in [1.82, 2.24) is 9.71 Å². The Bertz CT molecular complexity index is 926. The molecule has 112 valence electrons. The first kappa shape index (κ1) is 15.0. The fourth-order valence-corrected chi connectivity index (χ4v) is 3.67. The molecule has 0 aliphatic rings. The lowest BCUT2D eigenvalue weighted by Crippen LogP contribution is -2.23. The number of benzene rings is 2. The number of hydrogen-bond acceptors (Lipinski definition) is 3. The zero-order valence-electron chi connectivity index (χ0n) is 11.5. The summed E-state index contributed by atoms with van der Waals surface area (Å²) in [5.74, 6) is 0. The number of sulfonamides is 1. The number of aromatic nitrogens is 1. The molecule has 0 saturated carbocycles. The van der Waals surface area contributed by atoms with E-state index >= 15 is 0 Å². The van der Waals surface area contributed by atoms with Crippen molar-refractivity contribution in [2.24, 2.45) is 0 Å². The molecule has 0 aliphatic carbocycles. The molecule has 0 spiro atoms. The van der Waals surface area contributed by atoms with E-state index in [1.807, 2.05) is 30.3 Å². The monoisotopic (exact) mass is 332 g/mol. The minimum Gasteiger partial charge on any atom is -0.256 e. The van der Waals surface area contributed by atoms with Gasteiger partial charge in [0.2, 0.25) is 10.0 Å². The molecule has 1 heterocycles. The quantitative estimate of drug-likeness (QED) is 0.797. The third-order valence-electron chi connectivity index (χ3n) is 3.24. The highest BCUT2D eigenvalue weighted by Gasteiger charge is 2.16. The molecular formula is C16H13ClN2O2S. The highest BCUT2D eigenvalue weighted by Crippen LogP contribution is 2.20. The van der Waals surface area contributed by atoms with E-state index in [1.54, 1.807) is 24.4 Å². The van der Waals surface area contributed by atoms with Crippen LogP contribution < -0.4 is 4.72 Å². The first-order chi connectivity index (χ1) is 10.6. The Kier molecular flexibility index (Phi) is 4.11. The molecule has 22 heavy (non-hydrogen) atoms. The molecule has 0 amide bonds. The maximum absolute atomic E-state index is 12.3. The zero-order valence-corrected chi connectivity index (χ0v) is 13.1. The number of rotatable bonds is 4. The van der Waals surface area contributed by atoms with E-state index in [1.165, 1.54) is 6.07 Å². The summed E-state index contributed by atoms with van der Waals surface area (Å²) in [5, 5.41) is 1.17. The van der Waals surface area contributed by atoms with E-state index in [0.717, 1.165) is 16.5 Å². The maximum Gasteiger partial charge on any atom is 0.242 e. The summed E-state index contributed by atoms with van der Waals surface area (Å²) in [6.07, 6.45) is 1.66. The number of fused-ring (bicyclic) bond motifs is 1. The lowest BCUT2D eigenvalue weighted by molar-refractivity contribution is 0.581. The van der Waals surface area contributed by atoms with Crippen LogP contribution in [-0.2, 0) is 16.6 Å². The van der Waals surface area contributed by atoms with Crippen LogP contribution in [0.3, 0.4) is 0 Å². The molecule has 0 saturated heterocycles. The van der Waals surface area contributed by atoms with Crippen LogP contribution >= 0.6 is 11.6 Å². The van der Waals surface area contributed by atoms with Gasteiger partial charge in [0, 0.05) is 18.1 Å². The first-order valence-electron chi connectivity index (χ1n) is 6.64. The Morgan fingerprint density at radius 2 is 1.77 bits per heavy atom. The van der Waals surface area contributed by atoms with Crippen molar-refractivity contribution >= 4 is 32.5 Å². The van der Waals surface area contributed by atoms with Gasteiger partial charge in [-0.05, 0) is 29.8 Å². The van der Waals surface area contributed by atoms with Crippen molar-refractivity contribution in [3.05, 3.63) is 71.4 Å². The lowest BCUT2D eigenvalue weighted by Gasteiger charge is -2.08. The van der Waals surface area contributed by atoms with Gasteiger partial charge in [-0.25, -0.2) is 13.1 Å². The van der Waals surface area contributed by atoms with Crippen LogP contribution in [0.2, 0.25) is 5.02 Å². The van der Waals surface area contributed by atoms with E-state index in [0.29, 0.717) is 0 Å². The average Bonchev–Trinajstić information content (AvgIpc) is 2.53. The van der Waals surface area contributed by atoms with Crippen LogP contribution in [0.1, 0.15) is 5.56 Å². The molecule has 3 rings (SSSR count). The Hall–Kier alpha value is -1.95. The van der Waals surface area contributed by atoms with Gasteiger partial charge in [-0.3, -0.25) is 4.98 Å². The second-order valence-corrected chi connectivity index (χ2v) is 6.93. The highest BCUT2D eigenvalue weighted by atomic mass is 35.5. The fraction of sp³-hybridized carbons (Fsp3) is 0.0625. The molecule has 2 aromatic carbocycles.